The first-order valence-electron chi connectivity index (χ1n) is 7.88. The molecule has 2 heterocycles. The van der Waals surface area contributed by atoms with Crippen molar-refractivity contribution >= 4 is 0 Å². The summed E-state index contributed by atoms with van der Waals surface area (Å²) in [6, 6.07) is 13.4. The first-order valence-corrected chi connectivity index (χ1v) is 7.88. The zero-order valence-corrected chi connectivity index (χ0v) is 13.1. The van der Waals surface area contributed by atoms with Crippen LogP contribution in [0, 0.1) is 0 Å². The van der Waals surface area contributed by atoms with E-state index in [1.807, 2.05) is 0 Å². The van der Waals surface area contributed by atoms with Crippen LogP contribution in [0.25, 0.3) is 0 Å². The van der Waals surface area contributed by atoms with Gasteiger partial charge in [-0.1, -0.05) is 12.1 Å². The molecule has 3 heteroatoms. The van der Waals surface area contributed by atoms with Crippen LogP contribution in [0.5, 0.6) is 11.5 Å². The topological polar surface area (TPSA) is 21.7 Å². The van der Waals surface area contributed by atoms with E-state index in [0.29, 0.717) is 6.04 Å². The third-order valence-corrected chi connectivity index (χ3v) is 4.99. The number of hydrogen-bond donors (Lipinski definition) is 0. The van der Waals surface area contributed by atoms with E-state index in [1.54, 1.807) is 14.2 Å². The number of methoxy groups -OCH3 is 2. The summed E-state index contributed by atoms with van der Waals surface area (Å²) in [5.74, 6) is 1.91. The summed E-state index contributed by atoms with van der Waals surface area (Å²) < 4.78 is 10.8. The zero-order chi connectivity index (χ0) is 15.1. The Hall–Kier alpha value is -2.00. The van der Waals surface area contributed by atoms with Gasteiger partial charge in [0.2, 0.25) is 0 Å². The van der Waals surface area contributed by atoms with E-state index >= 15 is 0 Å². The maximum atomic E-state index is 5.39. The maximum Gasteiger partial charge on any atom is 0.119 e. The van der Waals surface area contributed by atoms with Crippen LogP contribution in [-0.2, 0) is 12.8 Å². The van der Waals surface area contributed by atoms with Crippen LogP contribution in [0.3, 0.4) is 0 Å². The van der Waals surface area contributed by atoms with Gasteiger partial charge >= 0.3 is 0 Å². The van der Waals surface area contributed by atoms with Crippen molar-refractivity contribution in [2.24, 2.45) is 0 Å². The molecule has 0 N–H and O–H groups in total. The van der Waals surface area contributed by atoms with Gasteiger partial charge in [0.1, 0.15) is 11.5 Å². The number of benzene rings is 2. The number of fused-ring (bicyclic) bond motifs is 5. The van der Waals surface area contributed by atoms with E-state index < -0.39 is 0 Å². The van der Waals surface area contributed by atoms with Crippen molar-refractivity contribution in [3.05, 3.63) is 58.7 Å². The van der Waals surface area contributed by atoms with E-state index in [1.165, 1.54) is 22.3 Å². The first-order chi connectivity index (χ1) is 10.8. The number of rotatable bonds is 2. The summed E-state index contributed by atoms with van der Waals surface area (Å²) in [7, 11) is 3.47. The molecule has 4 rings (SSSR count). The van der Waals surface area contributed by atoms with Gasteiger partial charge in [-0.2, -0.15) is 0 Å². The van der Waals surface area contributed by atoms with Crippen molar-refractivity contribution < 1.29 is 9.47 Å². The van der Waals surface area contributed by atoms with Gasteiger partial charge in [0, 0.05) is 13.1 Å². The molecule has 114 valence electrons. The molecule has 2 aromatic carbocycles. The molecule has 0 saturated carbocycles. The molecule has 0 unspecified atom stereocenters. The highest BCUT2D eigenvalue weighted by atomic mass is 16.5. The fraction of sp³-hybridized carbons (Fsp3) is 0.368. The summed E-state index contributed by atoms with van der Waals surface area (Å²) in [4.78, 5) is 2.60. The Kier molecular flexibility index (Phi) is 3.30. The van der Waals surface area contributed by atoms with Gasteiger partial charge in [0.25, 0.3) is 0 Å². The molecule has 2 aromatic rings. The van der Waals surface area contributed by atoms with Crippen molar-refractivity contribution in [3.63, 3.8) is 0 Å². The van der Waals surface area contributed by atoms with Crippen molar-refractivity contribution in [1.82, 2.24) is 4.90 Å². The monoisotopic (exact) mass is 295 g/mol. The van der Waals surface area contributed by atoms with E-state index in [-0.39, 0.29) is 0 Å². The van der Waals surface area contributed by atoms with Crippen LogP contribution in [0.15, 0.2) is 36.4 Å². The molecule has 0 saturated heterocycles. The minimum Gasteiger partial charge on any atom is -0.497 e. The molecule has 0 fully saturated rings. The molecule has 2 aliphatic rings. The van der Waals surface area contributed by atoms with E-state index in [4.69, 9.17) is 9.47 Å². The Morgan fingerprint density at radius 2 is 1.32 bits per heavy atom. The molecule has 3 nitrogen and oxygen atoms in total. The predicted octanol–water partition coefficient (Wildman–Crippen LogP) is 3.21. The molecule has 0 aliphatic carbocycles. The Labute approximate surface area is 131 Å². The van der Waals surface area contributed by atoms with Gasteiger partial charge in [-0.3, -0.25) is 4.90 Å². The second-order valence-electron chi connectivity index (χ2n) is 6.07. The first kappa shape index (κ1) is 13.6. The van der Waals surface area contributed by atoms with Crippen molar-refractivity contribution in [2.45, 2.75) is 18.9 Å². The standard InChI is InChI=1S/C19H21NO2/c1-21-15-3-5-17-13(11-15)7-9-20-10-8-14-12-16(22-2)4-6-18(14)19(17)20/h3-6,11-12,19H,7-10H2,1-2H3. The van der Waals surface area contributed by atoms with Gasteiger partial charge < -0.3 is 9.47 Å². The normalized spacial score (nSPS) is 17.4. The molecule has 22 heavy (non-hydrogen) atoms. The van der Waals surface area contributed by atoms with Gasteiger partial charge in [-0.25, -0.2) is 0 Å². The fourth-order valence-electron chi connectivity index (χ4n) is 3.84. The molecular formula is C19H21NO2. The average molecular weight is 295 g/mol. The lowest BCUT2D eigenvalue weighted by atomic mass is 9.82. The van der Waals surface area contributed by atoms with Crippen molar-refractivity contribution in [2.75, 3.05) is 27.3 Å². The Balaban J connectivity index is 1.82. The van der Waals surface area contributed by atoms with E-state index in [2.05, 4.69) is 41.3 Å². The summed E-state index contributed by atoms with van der Waals surface area (Å²) in [6.07, 6.45) is 2.21. The lowest BCUT2D eigenvalue weighted by Crippen LogP contribution is -2.40. The summed E-state index contributed by atoms with van der Waals surface area (Å²) in [6.45, 7) is 2.24. The summed E-state index contributed by atoms with van der Waals surface area (Å²) >= 11 is 0. The van der Waals surface area contributed by atoms with Crippen molar-refractivity contribution in [1.29, 1.82) is 0 Å². The summed E-state index contributed by atoms with van der Waals surface area (Å²) in [5, 5.41) is 0. The Bertz CT molecular complexity index is 651. The highest BCUT2D eigenvalue weighted by Gasteiger charge is 2.33. The van der Waals surface area contributed by atoms with Crippen LogP contribution in [0.1, 0.15) is 28.3 Å². The van der Waals surface area contributed by atoms with Crippen LogP contribution >= 0.6 is 0 Å². The lowest BCUT2D eigenvalue weighted by molar-refractivity contribution is 0.201. The van der Waals surface area contributed by atoms with Crippen LogP contribution < -0.4 is 9.47 Å². The maximum absolute atomic E-state index is 5.39. The molecule has 0 atom stereocenters. The van der Waals surface area contributed by atoms with Crippen LogP contribution in [0.2, 0.25) is 0 Å². The minimum atomic E-state index is 0.379. The van der Waals surface area contributed by atoms with Crippen molar-refractivity contribution in [3.8, 4) is 11.5 Å². The fourth-order valence-corrected chi connectivity index (χ4v) is 3.84. The number of ether oxygens (including phenoxy) is 2. The van der Waals surface area contributed by atoms with Gasteiger partial charge in [-0.05, 0) is 59.4 Å². The third-order valence-electron chi connectivity index (χ3n) is 4.99. The molecule has 0 amide bonds. The highest BCUT2D eigenvalue weighted by Crippen LogP contribution is 2.41. The molecule has 0 radical (unpaired) electrons. The Morgan fingerprint density at radius 3 is 1.77 bits per heavy atom. The molecule has 0 aromatic heterocycles. The molecule has 0 spiro atoms. The Morgan fingerprint density at radius 1 is 0.818 bits per heavy atom. The van der Waals surface area contributed by atoms with E-state index in [9.17, 15) is 0 Å². The number of nitrogens with zero attached hydrogens (tertiary/aromatic N) is 1. The molecule has 2 aliphatic heterocycles. The summed E-state index contributed by atoms with van der Waals surface area (Å²) in [5.41, 5.74) is 5.70. The van der Waals surface area contributed by atoms with Gasteiger partial charge in [0.05, 0.1) is 20.3 Å². The molecular weight excluding hydrogens is 274 g/mol. The van der Waals surface area contributed by atoms with Gasteiger partial charge in [-0.15, -0.1) is 0 Å². The number of hydrogen-bond acceptors (Lipinski definition) is 3. The lowest BCUT2D eigenvalue weighted by Gasteiger charge is -2.42. The average Bonchev–Trinajstić information content (AvgIpc) is 2.59. The molecule has 0 bridgehead atoms. The highest BCUT2D eigenvalue weighted by molar-refractivity contribution is 5.48. The second-order valence-corrected chi connectivity index (χ2v) is 6.07. The smallest absolute Gasteiger partial charge is 0.119 e. The SMILES string of the molecule is COc1ccc2c(c1)CCN1CCc3cc(OC)ccc3C21. The van der Waals surface area contributed by atoms with E-state index in [0.717, 1.165) is 37.4 Å². The zero-order valence-electron chi connectivity index (χ0n) is 13.1. The van der Waals surface area contributed by atoms with Crippen LogP contribution in [-0.4, -0.2) is 32.2 Å². The third kappa shape index (κ3) is 2.08. The second kappa shape index (κ2) is 5.33. The largest absolute Gasteiger partial charge is 0.497 e. The van der Waals surface area contributed by atoms with Crippen LogP contribution in [0.4, 0.5) is 0 Å². The minimum absolute atomic E-state index is 0.379. The van der Waals surface area contributed by atoms with Gasteiger partial charge in [0.15, 0.2) is 0 Å². The predicted molar refractivity (Wildman–Crippen MR) is 86.8 cm³/mol. The quantitative estimate of drug-likeness (QED) is 0.849.